The van der Waals surface area contributed by atoms with Gasteiger partial charge >= 0.3 is 0 Å². The van der Waals surface area contributed by atoms with Crippen LogP contribution in [0.1, 0.15) is 23.2 Å². The summed E-state index contributed by atoms with van der Waals surface area (Å²) in [6, 6.07) is 26.2. The van der Waals surface area contributed by atoms with Gasteiger partial charge in [0, 0.05) is 24.7 Å². The molecule has 3 aromatic carbocycles. The van der Waals surface area contributed by atoms with Gasteiger partial charge in [-0.3, -0.25) is 4.79 Å². The van der Waals surface area contributed by atoms with Gasteiger partial charge in [0.25, 0.3) is 5.91 Å². The first-order valence-corrected chi connectivity index (χ1v) is 9.67. The molecule has 0 saturated carbocycles. The lowest BCUT2D eigenvalue weighted by atomic mass is 9.96. The largest absolute Gasteiger partial charge is 0.352 e. The quantitative estimate of drug-likeness (QED) is 0.525. The van der Waals surface area contributed by atoms with Crippen LogP contribution in [0.5, 0.6) is 0 Å². The Kier molecular flexibility index (Phi) is 6.95. The lowest BCUT2D eigenvalue weighted by molar-refractivity contribution is 0.0953. The van der Waals surface area contributed by atoms with Gasteiger partial charge in [-0.15, -0.1) is 0 Å². The van der Waals surface area contributed by atoms with Crippen molar-refractivity contribution < 1.29 is 4.79 Å². The fourth-order valence-corrected chi connectivity index (χ4v) is 3.14. The predicted molar refractivity (Wildman–Crippen MR) is 116 cm³/mol. The Morgan fingerprint density at radius 3 is 1.86 bits per heavy atom. The Hall–Kier alpha value is -2.95. The molecule has 0 unspecified atom stereocenters. The SMILES string of the molecule is NC[C@@H](N)CCCNC(=O)c1cc(-c2ccccc2)cc(-c2ccccc2)c1. The van der Waals surface area contributed by atoms with Crippen molar-refractivity contribution in [2.45, 2.75) is 18.9 Å². The van der Waals surface area contributed by atoms with Crippen LogP contribution in [0.15, 0.2) is 78.9 Å². The Labute approximate surface area is 166 Å². The number of hydrogen-bond donors (Lipinski definition) is 3. The van der Waals surface area contributed by atoms with Gasteiger partial charge < -0.3 is 16.8 Å². The fraction of sp³-hybridized carbons (Fsp3) is 0.208. The van der Waals surface area contributed by atoms with Gasteiger partial charge in [-0.05, 0) is 53.3 Å². The van der Waals surface area contributed by atoms with Crippen LogP contribution in [0, 0.1) is 0 Å². The van der Waals surface area contributed by atoms with Crippen LogP contribution < -0.4 is 16.8 Å². The van der Waals surface area contributed by atoms with Gasteiger partial charge in [0.1, 0.15) is 0 Å². The summed E-state index contributed by atoms with van der Waals surface area (Å²) in [6.07, 6.45) is 1.62. The topological polar surface area (TPSA) is 81.1 Å². The van der Waals surface area contributed by atoms with Crippen LogP contribution in [0.4, 0.5) is 0 Å². The number of nitrogens with one attached hydrogen (secondary N) is 1. The van der Waals surface area contributed by atoms with E-state index >= 15 is 0 Å². The molecule has 28 heavy (non-hydrogen) atoms. The smallest absolute Gasteiger partial charge is 0.251 e. The molecule has 3 rings (SSSR count). The minimum Gasteiger partial charge on any atom is -0.352 e. The van der Waals surface area contributed by atoms with Crippen molar-refractivity contribution in [3.8, 4) is 22.3 Å². The molecule has 3 aromatic rings. The highest BCUT2D eigenvalue weighted by atomic mass is 16.1. The first-order chi connectivity index (χ1) is 13.7. The minimum absolute atomic E-state index is 0.0111. The lowest BCUT2D eigenvalue weighted by Gasteiger charge is -2.12. The van der Waals surface area contributed by atoms with Crippen molar-refractivity contribution in [3.63, 3.8) is 0 Å². The van der Waals surface area contributed by atoms with Crippen LogP contribution in [0.2, 0.25) is 0 Å². The molecular formula is C24H27N3O. The first-order valence-electron chi connectivity index (χ1n) is 9.67. The highest BCUT2D eigenvalue weighted by molar-refractivity contribution is 5.97. The Morgan fingerprint density at radius 2 is 1.36 bits per heavy atom. The summed E-state index contributed by atoms with van der Waals surface area (Å²) in [7, 11) is 0. The van der Waals surface area contributed by atoms with Crippen LogP contribution in [0.3, 0.4) is 0 Å². The van der Waals surface area contributed by atoms with Crippen molar-refractivity contribution in [2.24, 2.45) is 11.5 Å². The normalized spacial score (nSPS) is 11.8. The summed E-state index contributed by atoms with van der Waals surface area (Å²) in [5.74, 6) is -0.0729. The molecule has 0 spiro atoms. The number of nitrogens with two attached hydrogens (primary N) is 2. The molecule has 4 nitrogen and oxygen atoms in total. The zero-order chi connectivity index (χ0) is 19.8. The van der Waals surface area contributed by atoms with Gasteiger partial charge in [0.2, 0.25) is 0 Å². The maximum atomic E-state index is 12.8. The molecule has 0 aliphatic heterocycles. The second-order valence-corrected chi connectivity index (χ2v) is 6.93. The van der Waals surface area contributed by atoms with Crippen LogP contribution in [-0.4, -0.2) is 25.0 Å². The van der Waals surface area contributed by atoms with E-state index in [1.807, 2.05) is 48.5 Å². The summed E-state index contributed by atoms with van der Waals surface area (Å²) in [5.41, 5.74) is 16.2. The first kappa shape index (κ1) is 19.8. The molecule has 4 heteroatoms. The highest BCUT2D eigenvalue weighted by Crippen LogP contribution is 2.28. The summed E-state index contributed by atoms with van der Waals surface area (Å²) < 4.78 is 0. The minimum atomic E-state index is -0.0729. The third kappa shape index (κ3) is 5.28. The Balaban J connectivity index is 1.84. The average molecular weight is 374 g/mol. The molecule has 1 amide bonds. The number of carbonyl (C=O) groups excluding carboxylic acids is 1. The van der Waals surface area contributed by atoms with Crippen molar-refractivity contribution in [1.82, 2.24) is 5.32 Å². The summed E-state index contributed by atoms with van der Waals surface area (Å²) in [4.78, 5) is 12.8. The fourth-order valence-electron chi connectivity index (χ4n) is 3.14. The van der Waals surface area contributed by atoms with Gasteiger partial charge in [-0.25, -0.2) is 0 Å². The van der Waals surface area contributed by atoms with Gasteiger partial charge in [0.15, 0.2) is 0 Å². The monoisotopic (exact) mass is 373 g/mol. The molecule has 5 N–H and O–H groups in total. The molecule has 144 valence electrons. The van der Waals surface area contributed by atoms with E-state index in [2.05, 4.69) is 35.6 Å². The summed E-state index contributed by atoms with van der Waals surface area (Å²) >= 11 is 0. The number of benzene rings is 3. The summed E-state index contributed by atoms with van der Waals surface area (Å²) in [6.45, 7) is 1.05. The number of carbonyl (C=O) groups is 1. The predicted octanol–water partition coefficient (Wildman–Crippen LogP) is 3.82. The number of hydrogen-bond acceptors (Lipinski definition) is 3. The van der Waals surface area contributed by atoms with E-state index in [1.54, 1.807) is 0 Å². The molecule has 0 aromatic heterocycles. The molecule has 0 radical (unpaired) electrons. The van der Waals surface area contributed by atoms with E-state index in [9.17, 15) is 4.79 Å². The highest BCUT2D eigenvalue weighted by Gasteiger charge is 2.11. The molecule has 1 atom stereocenters. The molecule has 0 heterocycles. The molecule has 0 aliphatic carbocycles. The third-order valence-electron chi connectivity index (χ3n) is 4.75. The number of rotatable bonds is 8. The Morgan fingerprint density at radius 1 is 0.821 bits per heavy atom. The molecule has 0 bridgehead atoms. The lowest BCUT2D eigenvalue weighted by Crippen LogP contribution is -2.31. The van der Waals surface area contributed by atoms with E-state index in [1.165, 1.54) is 0 Å². The van der Waals surface area contributed by atoms with Gasteiger partial charge in [0.05, 0.1) is 0 Å². The van der Waals surface area contributed by atoms with Crippen molar-refractivity contribution in [2.75, 3.05) is 13.1 Å². The van der Waals surface area contributed by atoms with Gasteiger partial charge in [-0.2, -0.15) is 0 Å². The Bertz CT molecular complexity index is 836. The second-order valence-electron chi connectivity index (χ2n) is 6.93. The maximum absolute atomic E-state index is 12.8. The third-order valence-corrected chi connectivity index (χ3v) is 4.75. The van der Waals surface area contributed by atoms with Crippen molar-refractivity contribution in [1.29, 1.82) is 0 Å². The van der Waals surface area contributed by atoms with E-state index in [4.69, 9.17) is 11.5 Å². The van der Waals surface area contributed by atoms with Gasteiger partial charge in [-0.1, -0.05) is 60.7 Å². The number of amides is 1. The van der Waals surface area contributed by atoms with Crippen molar-refractivity contribution >= 4 is 5.91 Å². The molecule has 0 aliphatic rings. The molecular weight excluding hydrogens is 346 g/mol. The zero-order valence-electron chi connectivity index (χ0n) is 16.0. The van der Waals surface area contributed by atoms with Crippen molar-refractivity contribution in [3.05, 3.63) is 84.4 Å². The average Bonchev–Trinajstić information content (AvgIpc) is 2.77. The second kappa shape index (κ2) is 9.83. The maximum Gasteiger partial charge on any atom is 0.251 e. The zero-order valence-corrected chi connectivity index (χ0v) is 16.0. The standard InChI is InChI=1S/C24H27N3O/c25-17-23(26)12-7-13-27-24(28)22-15-20(18-8-3-1-4-9-18)14-21(16-22)19-10-5-2-6-11-19/h1-6,8-11,14-16,23H,7,12-13,17,25-26H2,(H,27,28)/t23-/m0/s1. The summed E-state index contributed by atoms with van der Waals surface area (Å²) in [5, 5.41) is 3.00. The van der Waals surface area contributed by atoms with E-state index in [-0.39, 0.29) is 11.9 Å². The van der Waals surface area contributed by atoms with E-state index < -0.39 is 0 Å². The van der Waals surface area contributed by atoms with E-state index in [0.717, 1.165) is 35.1 Å². The van der Waals surface area contributed by atoms with E-state index in [0.29, 0.717) is 18.7 Å². The van der Waals surface area contributed by atoms with Crippen LogP contribution in [0.25, 0.3) is 22.3 Å². The van der Waals surface area contributed by atoms with Crippen LogP contribution in [-0.2, 0) is 0 Å². The molecule has 0 saturated heterocycles. The van der Waals surface area contributed by atoms with Crippen LogP contribution >= 0.6 is 0 Å². The molecule has 0 fully saturated rings.